The molecule has 0 saturated heterocycles. The fraction of sp³-hybridized carbons (Fsp3) is 0.261. The average molecular weight is 423 g/mol. The summed E-state index contributed by atoms with van der Waals surface area (Å²) in [6.07, 6.45) is 1.65. The van der Waals surface area contributed by atoms with Crippen LogP contribution in [0.2, 0.25) is 0 Å². The summed E-state index contributed by atoms with van der Waals surface area (Å²) in [7, 11) is 3.13. The lowest BCUT2D eigenvalue weighted by atomic mass is 10.2. The zero-order valence-electron chi connectivity index (χ0n) is 17.8. The molecule has 0 fully saturated rings. The van der Waals surface area contributed by atoms with Gasteiger partial charge in [0.15, 0.2) is 11.5 Å². The number of benzene rings is 2. The number of hydrogen-bond donors (Lipinski definition) is 0. The minimum atomic E-state index is -0.172. The third kappa shape index (κ3) is 5.22. The topological polar surface area (TPSA) is 86.9 Å². The van der Waals surface area contributed by atoms with Crippen LogP contribution in [-0.2, 0) is 6.54 Å². The maximum absolute atomic E-state index is 13.0. The Hall–Kier alpha value is -3.81. The van der Waals surface area contributed by atoms with Crippen molar-refractivity contribution >= 4 is 5.91 Å². The van der Waals surface area contributed by atoms with Crippen LogP contribution >= 0.6 is 0 Å². The maximum Gasteiger partial charge on any atom is 0.254 e. The predicted octanol–water partition coefficient (Wildman–Crippen LogP) is 3.98. The summed E-state index contributed by atoms with van der Waals surface area (Å²) in [5.74, 6) is 2.41. The molecule has 0 aliphatic rings. The van der Waals surface area contributed by atoms with Crippen LogP contribution in [0.5, 0.6) is 17.2 Å². The second kappa shape index (κ2) is 10.3. The van der Waals surface area contributed by atoms with E-state index in [0.717, 1.165) is 0 Å². The first kappa shape index (κ1) is 21.9. The van der Waals surface area contributed by atoms with Crippen LogP contribution < -0.4 is 14.2 Å². The van der Waals surface area contributed by atoms with Crippen molar-refractivity contribution in [3.05, 3.63) is 66.6 Å². The maximum atomic E-state index is 13.0. The zero-order chi connectivity index (χ0) is 22.2. The minimum absolute atomic E-state index is 0.151. The van der Waals surface area contributed by atoms with Crippen LogP contribution in [0, 0.1) is 0 Å². The molecule has 3 rings (SSSR count). The van der Waals surface area contributed by atoms with E-state index in [0.29, 0.717) is 53.2 Å². The molecule has 0 N–H and O–H groups in total. The molecule has 0 bridgehead atoms. The molecule has 1 amide bonds. The normalized spacial score (nSPS) is 10.4. The first-order chi connectivity index (χ1) is 15.1. The Morgan fingerprint density at radius 3 is 2.52 bits per heavy atom. The third-order valence-electron chi connectivity index (χ3n) is 4.48. The highest BCUT2D eigenvalue weighted by Gasteiger charge is 2.19. The molecule has 1 heterocycles. The average Bonchev–Trinajstić information content (AvgIpc) is 3.27. The molecule has 0 saturated carbocycles. The monoisotopic (exact) mass is 423 g/mol. The number of nitrogens with zero attached hydrogens (tertiary/aromatic N) is 3. The second-order valence-electron chi connectivity index (χ2n) is 6.51. The highest BCUT2D eigenvalue weighted by atomic mass is 16.5. The second-order valence-corrected chi connectivity index (χ2v) is 6.51. The number of ether oxygens (including phenoxy) is 3. The van der Waals surface area contributed by atoms with E-state index in [1.54, 1.807) is 61.6 Å². The molecule has 31 heavy (non-hydrogen) atoms. The third-order valence-corrected chi connectivity index (χ3v) is 4.48. The van der Waals surface area contributed by atoms with Crippen molar-refractivity contribution in [1.29, 1.82) is 0 Å². The van der Waals surface area contributed by atoms with Gasteiger partial charge in [-0.1, -0.05) is 11.2 Å². The van der Waals surface area contributed by atoms with E-state index in [1.165, 1.54) is 0 Å². The molecule has 1 aromatic heterocycles. The number of rotatable bonds is 10. The molecular formula is C23H25N3O5. The van der Waals surface area contributed by atoms with Crippen molar-refractivity contribution in [2.45, 2.75) is 13.5 Å². The first-order valence-electron chi connectivity index (χ1n) is 9.77. The summed E-state index contributed by atoms with van der Waals surface area (Å²) in [5.41, 5.74) is 1.24. The minimum Gasteiger partial charge on any atom is -0.494 e. The fourth-order valence-electron chi connectivity index (χ4n) is 2.99. The van der Waals surface area contributed by atoms with Crippen molar-refractivity contribution < 1.29 is 23.5 Å². The molecule has 8 heteroatoms. The smallest absolute Gasteiger partial charge is 0.254 e. The van der Waals surface area contributed by atoms with Crippen LogP contribution in [0.1, 0.15) is 23.2 Å². The molecule has 0 aliphatic carbocycles. The summed E-state index contributed by atoms with van der Waals surface area (Å²) < 4.78 is 21.4. The van der Waals surface area contributed by atoms with E-state index in [1.807, 2.05) is 13.0 Å². The predicted molar refractivity (Wildman–Crippen MR) is 115 cm³/mol. The van der Waals surface area contributed by atoms with Gasteiger partial charge in [0.1, 0.15) is 12.3 Å². The molecule has 0 atom stereocenters. The summed E-state index contributed by atoms with van der Waals surface area (Å²) >= 11 is 0. The molecule has 8 nitrogen and oxygen atoms in total. The van der Waals surface area contributed by atoms with Crippen LogP contribution in [0.25, 0.3) is 11.4 Å². The SMILES string of the molecule is C=CCN(Cc1nc(-c2ccc(OC)c(OC)c2)no1)C(=O)c1ccc(OCC)cc1. The van der Waals surface area contributed by atoms with Gasteiger partial charge in [0, 0.05) is 17.7 Å². The molecule has 3 aromatic rings. The number of carbonyl (C=O) groups excluding carboxylic acids is 1. The lowest BCUT2D eigenvalue weighted by Crippen LogP contribution is -2.30. The zero-order valence-corrected chi connectivity index (χ0v) is 17.8. The van der Waals surface area contributed by atoms with Gasteiger partial charge in [-0.15, -0.1) is 6.58 Å². The highest BCUT2D eigenvalue weighted by molar-refractivity contribution is 5.94. The van der Waals surface area contributed by atoms with Gasteiger partial charge < -0.3 is 23.6 Å². The van der Waals surface area contributed by atoms with E-state index in [4.69, 9.17) is 18.7 Å². The molecule has 0 unspecified atom stereocenters. The van der Waals surface area contributed by atoms with Crippen LogP contribution in [-0.4, -0.2) is 48.3 Å². The summed E-state index contributed by atoms with van der Waals surface area (Å²) in [6, 6.07) is 12.3. The summed E-state index contributed by atoms with van der Waals surface area (Å²) in [4.78, 5) is 19.0. The van der Waals surface area contributed by atoms with Crippen molar-refractivity contribution in [1.82, 2.24) is 15.0 Å². The first-order valence-corrected chi connectivity index (χ1v) is 9.77. The molecule has 0 radical (unpaired) electrons. The van der Waals surface area contributed by atoms with E-state index >= 15 is 0 Å². The summed E-state index contributed by atoms with van der Waals surface area (Å²) in [6.45, 7) is 6.70. The highest BCUT2D eigenvalue weighted by Crippen LogP contribution is 2.31. The van der Waals surface area contributed by atoms with Crippen LogP contribution in [0.4, 0.5) is 0 Å². The van der Waals surface area contributed by atoms with E-state index in [-0.39, 0.29) is 12.5 Å². The molecular weight excluding hydrogens is 398 g/mol. The largest absolute Gasteiger partial charge is 0.494 e. The van der Waals surface area contributed by atoms with Gasteiger partial charge >= 0.3 is 0 Å². The van der Waals surface area contributed by atoms with E-state index in [2.05, 4.69) is 16.7 Å². The number of aromatic nitrogens is 2. The number of hydrogen-bond acceptors (Lipinski definition) is 7. The quantitative estimate of drug-likeness (QED) is 0.456. The van der Waals surface area contributed by atoms with Crippen molar-refractivity contribution in [3.8, 4) is 28.6 Å². The number of methoxy groups -OCH3 is 2. The summed E-state index contributed by atoms with van der Waals surface area (Å²) in [5, 5.41) is 4.03. The number of carbonyl (C=O) groups is 1. The lowest BCUT2D eigenvalue weighted by Gasteiger charge is -2.19. The van der Waals surface area contributed by atoms with Gasteiger partial charge in [-0.2, -0.15) is 4.98 Å². The number of amides is 1. The van der Waals surface area contributed by atoms with Crippen LogP contribution in [0.15, 0.2) is 59.6 Å². The van der Waals surface area contributed by atoms with Crippen molar-refractivity contribution in [3.63, 3.8) is 0 Å². The van der Waals surface area contributed by atoms with E-state index in [9.17, 15) is 4.79 Å². The Balaban J connectivity index is 1.77. The van der Waals surface area contributed by atoms with Crippen LogP contribution in [0.3, 0.4) is 0 Å². The van der Waals surface area contributed by atoms with Gasteiger partial charge in [0.2, 0.25) is 11.7 Å². The van der Waals surface area contributed by atoms with Crippen molar-refractivity contribution in [2.75, 3.05) is 27.4 Å². The molecule has 162 valence electrons. The van der Waals surface area contributed by atoms with Crippen molar-refractivity contribution in [2.24, 2.45) is 0 Å². The molecule has 0 aliphatic heterocycles. The Kier molecular flexibility index (Phi) is 7.26. The van der Waals surface area contributed by atoms with Gasteiger partial charge in [0.25, 0.3) is 5.91 Å². The fourth-order valence-corrected chi connectivity index (χ4v) is 2.99. The van der Waals surface area contributed by atoms with E-state index < -0.39 is 0 Å². The Labute approximate surface area is 181 Å². The Morgan fingerprint density at radius 1 is 1.13 bits per heavy atom. The Bertz CT molecular complexity index is 1030. The van der Waals surface area contributed by atoms with Gasteiger partial charge in [-0.05, 0) is 49.4 Å². The standard InChI is InChI=1S/C23H25N3O5/c1-5-13-26(23(27)16-7-10-18(11-8-16)30-6-2)15-21-24-22(25-31-21)17-9-12-19(28-3)20(14-17)29-4/h5,7-12,14H,1,6,13,15H2,2-4H3. The van der Waals surface area contributed by atoms with Gasteiger partial charge in [-0.3, -0.25) is 4.79 Å². The Morgan fingerprint density at radius 2 is 1.87 bits per heavy atom. The van der Waals surface area contributed by atoms with Gasteiger partial charge in [0.05, 0.1) is 20.8 Å². The van der Waals surface area contributed by atoms with Gasteiger partial charge in [-0.25, -0.2) is 0 Å². The molecule has 2 aromatic carbocycles. The lowest BCUT2D eigenvalue weighted by molar-refractivity contribution is 0.0745. The molecule has 0 spiro atoms.